The summed E-state index contributed by atoms with van der Waals surface area (Å²) in [5.41, 5.74) is 3.80. The Kier molecular flexibility index (Phi) is 4.31. The Morgan fingerprint density at radius 1 is 1.43 bits per heavy atom. The number of ether oxygens (including phenoxy) is 1. The van der Waals surface area contributed by atoms with E-state index in [-0.39, 0.29) is 0 Å². The van der Waals surface area contributed by atoms with Crippen LogP contribution in [-0.2, 0) is 11.3 Å². The van der Waals surface area contributed by atoms with E-state index in [0.29, 0.717) is 5.92 Å². The topological polar surface area (TPSA) is 52.0 Å². The first kappa shape index (κ1) is 14.2. The molecule has 1 aliphatic rings. The van der Waals surface area contributed by atoms with E-state index >= 15 is 0 Å². The van der Waals surface area contributed by atoms with Gasteiger partial charge < -0.3 is 10.1 Å². The predicted octanol–water partition coefficient (Wildman–Crippen LogP) is 2.19. The molecule has 0 radical (unpaired) electrons. The van der Waals surface area contributed by atoms with Crippen LogP contribution >= 0.6 is 0 Å². The smallest absolute Gasteiger partial charge is 0.153 e. The van der Waals surface area contributed by atoms with Gasteiger partial charge in [0.2, 0.25) is 0 Å². The quantitative estimate of drug-likeness (QED) is 0.793. The molecule has 0 atom stereocenters. The monoisotopic (exact) mass is 286 g/mol. The zero-order valence-corrected chi connectivity index (χ0v) is 12.7. The lowest BCUT2D eigenvalue weighted by atomic mass is 10.1. The molecule has 0 spiro atoms. The van der Waals surface area contributed by atoms with Crippen LogP contribution in [0.1, 0.15) is 35.6 Å². The van der Waals surface area contributed by atoms with Crippen molar-refractivity contribution in [2.75, 3.05) is 20.3 Å². The second-order valence-electron chi connectivity index (χ2n) is 5.60. The van der Waals surface area contributed by atoms with Crippen LogP contribution < -0.4 is 5.32 Å². The Labute approximate surface area is 125 Å². The van der Waals surface area contributed by atoms with Crippen molar-refractivity contribution in [1.82, 2.24) is 20.1 Å². The number of hydrogen-bond donors (Lipinski definition) is 1. The standard InChI is InChI=1S/C16H22N4O/c1-12-5-6-18-15(9-12)20-16(13-3-4-13)14(11-19-20)10-17-7-8-21-2/h5-6,9,11,13,17H,3-4,7-8,10H2,1-2H3. The molecule has 2 aromatic heterocycles. The second kappa shape index (κ2) is 6.37. The van der Waals surface area contributed by atoms with Crippen LogP contribution in [0.15, 0.2) is 24.5 Å². The van der Waals surface area contributed by atoms with Crippen molar-refractivity contribution in [2.45, 2.75) is 32.2 Å². The molecule has 3 rings (SSSR count). The van der Waals surface area contributed by atoms with Gasteiger partial charge in [-0.25, -0.2) is 9.67 Å². The van der Waals surface area contributed by atoms with Crippen LogP contribution in [0.2, 0.25) is 0 Å². The first-order valence-electron chi connectivity index (χ1n) is 7.49. The van der Waals surface area contributed by atoms with Gasteiger partial charge in [-0.05, 0) is 37.5 Å². The SMILES string of the molecule is COCCNCc1cnn(-c2cc(C)ccn2)c1C1CC1. The lowest BCUT2D eigenvalue weighted by molar-refractivity contribution is 0.199. The van der Waals surface area contributed by atoms with Crippen molar-refractivity contribution in [2.24, 2.45) is 0 Å². The van der Waals surface area contributed by atoms with Gasteiger partial charge in [0.15, 0.2) is 5.82 Å². The Morgan fingerprint density at radius 2 is 2.29 bits per heavy atom. The minimum Gasteiger partial charge on any atom is -0.383 e. The number of hydrogen-bond acceptors (Lipinski definition) is 4. The summed E-state index contributed by atoms with van der Waals surface area (Å²) in [7, 11) is 1.72. The Morgan fingerprint density at radius 3 is 3.00 bits per heavy atom. The van der Waals surface area contributed by atoms with Crippen LogP contribution in [-0.4, -0.2) is 35.0 Å². The molecule has 0 aromatic carbocycles. The fourth-order valence-electron chi connectivity index (χ4n) is 2.54. The minimum absolute atomic E-state index is 0.633. The lowest BCUT2D eigenvalue weighted by Crippen LogP contribution is -2.19. The molecule has 1 fully saturated rings. The highest BCUT2D eigenvalue weighted by molar-refractivity contribution is 5.35. The molecule has 0 bridgehead atoms. The van der Waals surface area contributed by atoms with E-state index in [1.165, 1.54) is 29.7 Å². The molecule has 5 nitrogen and oxygen atoms in total. The molecule has 0 saturated heterocycles. The number of methoxy groups -OCH3 is 1. The molecule has 1 saturated carbocycles. The number of pyridine rings is 1. The molecule has 2 heterocycles. The van der Waals surface area contributed by atoms with Crippen molar-refractivity contribution in [3.05, 3.63) is 41.3 Å². The Hall–Kier alpha value is -1.72. The summed E-state index contributed by atoms with van der Waals surface area (Å²) in [6.07, 6.45) is 6.32. The van der Waals surface area contributed by atoms with E-state index < -0.39 is 0 Å². The minimum atomic E-state index is 0.633. The molecule has 0 unspecified atom stereocenters. The largest absolute Gasteiger partial charge is 0.383 e. The van der Waals surface area contributed by atoms with Crippen molar-refractivity contribution in [1.29, 1.82) is 0 Å². The van der Waals surface area contributed by atoms with Gasteiger partial charge in [0.25, 0.3) is 0 Å². The molecule has 0 amide bonds. The molecule has 1 N–H and O–H groups in total. The molecule has 5 heteroatoms. The highest BCUT2D eigenvalue weighted by Gasteiger charge is 2.30. The normalized spacial score (nSPS) is 14.6. The maximum absolute atomic E-state index is 5.06. The van der Waals surface area contributed by atoms with Crippen molar-refractivity contribution in [3.63, 3.8) is 0 Å². The Bertz CT molecular complexity index is 604. The van der Waals surface area contributed by atoms with Crippen molar-refractivity contribution in [3.8, 4) is 5.82 Å². The van der Waals surface area contributed by atoms with E-state index in [0.717, 1.165) is 25.5 Å². The van der Waals surface area contributed by atoms with E-state index in [2.05, 4.69) is 28.4 Å². The van der Waals surface area contributed by atoms with Gasteiger partial charge in [-0.15, -0.1) is 0 Å². The molecule has 2 aromatic rings. The van der Waals surface area contributed by atoms with E-state index in [1.54, 1.807) is 7.11 Å². The van der Waals surface area contributed by atoms with Crippen LogP contribution in [0.5, 0.6) is 0 Å². The molecular formula is C16H22N4O. The fraction of sp³-hybridized carbons (Fsp3) is 0.500. The number of aryl methyl sites for hydroxylation is 1. The number of aromatic nitrogens is 3. The van der Waals surface area contributed by atoms with Gasteiger partial charge in [-0.2, -0.15) is 5.10 Å². The van der Waals surface area contributed by atoms with Crippen molar-refractivity contribution < 1.29 is 4.74 Å². The summed E-state index contributed by atoms with van der Waals surface area (Å²) >= 11 is 0. The van der Waals surface area contributed by atoms with Gasteiger partial charge in [0, 0.05) is 37.9 Å². The molecule has 21 heavy (non-hydrogen) atoms. The van der Waals surface area contributed by atoms with E-state index in [9.17, 15) is 0 Å². The van der Waals surface area contributed by atoms with Crippen LogP contribution in [0.4, 0.5) is 0 Å². The second-order valence-corrected chi connectivity index (χ2v) is 5.60. The average Bonchev–Trinajstić information content (AvgIpc) is 3.24. The van der Waals surface area contributed by atoms with Gasteiger partial charge in [0.05, 0.1) is 18.5 Å². The third-order valence-electron chi connectivity index (χ3n) is 3.77. The summed E-state index contributed by atoms with van der Waals surface area (Å²) in [6, 6.07) is 4.10. The molecule has 0 aliphatic heterocycles. The number of nitrogens with zero attached hydrogens (tertiary/aromatic N) is 3. The molecule has 1 aliphatic carbocycles. The van der Waals surface area contributed by atoms with Crippen LogP contribution in [0, 0.1) is 6.92 Å². The van der Waals surface area contributed by atoms with Gasteiger partial charge in [-0.1, -0.05) is 0 Å². The van der Waals surface area contributed by atoms with E-state index in [1.807, 2.05) is 23.1 Å². The van der Waals surface area contributed by atoms with Crippen LogP contribution in [0.3, 0.4) is 0 Å². The molecule has 112 valence electrons. The average molecular weight is 286 g/mol. The van der Waals surface area contributed by atoms with Gasteiger partial charge in [-0.3, -0.25) is 0 Å². The summed E-state index contributed by atoms with van der Waals surface area (Å²) in [6.45, 7) is 4.50. The first-order chi connectivity index (χ1) is 10.3. The first-order valence-corrected chi connectivity index (χ1v) is 7.49. The van der Waals surface area contributed by atoms with Gasteiger partial charge in [0.1, 0.15) is 0 Å². The van der Waals surface area contributed by atoms with E-state index in [4.69, 9.17) is 4.74 Å². The summed E-state index contributed by atoms with van der Waals surface area (Å²) in [4.78, 5) is 4.46. The lowest BCUT2D eigenvalue weighted by Gasteiger charge is -2.09. The Balaban J connectivity index is 1.83. The van der Waals surface area contributed by atoms with Gasteiger partial charge >= 0.3 is 0 Å². The third-order valence-corrected chi connectivity index (χ3v) is 3.77. The summed E-state index contributed by atoms with van der Waals surface area (Å²) < 4.78 is 7.08. The summed E-state index contributed by atoms with van der Waals surface area (Å²) in [5, 5.41) is 7.97. The van der Waals surface area contributed by atoms with Crippen molar-refractivity contribution >= 4 is 0 Å². The number of rotatable bonds is 7. The third kappa shape index (κ3) is 3.31. The zero-order chi connectivity index (χ0) is 14.7. The van der Waals surface area contributed by atoms with Crippen LogP contribution in [0.25, 0.3) is 5.82 Å². The zero-order valence-electron chi connectivity index (χ0n) is 12.7. The number of nitrogens with one attached hydrogen (secondary N) is 1. The maximum atomic E-state index is 5.06. The molecular weight excluding hydrogens is 264 g/mol. The highest BCUT2D eigenvalue weighted by Crippen LogP contribution is 2.42. The highest BCUT2D eigenvalue weighted by atomic mass is 16.5. The maximum Gasteiger partial charge on any atom is 0.153 e. The summed E-state index contributed by atoms with van der Waals surface area (Å²) in [5.74, 6) is 1.55. The fourth-order valence-corrected chi connectivity index (χ4v) is 2.54. The predicted molar refractivity (Wildman–Crippen MR) is 81.7 cm³/mol.